The fourth-order valence-electron chi connectivity index (χ4n) is 1.92. The van der Waals surface area contributed by atoms with Crippen molar-refractivity contribution >= 4 is 43.7 Å². The summed E-state index contributed by atoms with van der Waals surface area (Å²) in [5.74, 6) is 0. The highest BCUT2D eigenvalue weighted by atomic mass is 32.1. The van der Waals surface area contributed by atoms with Gasteiger partial charge in [0.2, 0.25) is 0 Å². The number of thiazole rings is 1. The largest absolute Gasteiger partial charge is 0.399 e. The van der Waals surface area contributed by atoms with Crippen LogP contribution < -0.4 is 11.1 Å². The molecule has 0 aliphatic heterocycles. The molecule has 0 unspecified atom stereocenters. The summed E-state index contributed by atoms with van der Waals surface area (Å²) in [4.78, 5) is 7.28. The van der Waals surface area contributed by atoms with Crippen molar-refractivity contribution in [1.82, 2.24) is 4.98 Å². The maximum atomic E-state index is 5.78. The van der Waals surface area contributed by atoms with Crippen LogP contribution in [0.1, 0.15) is 15.3 Å². The predicted octanol–water partition coefficient (Wildman–Crippen LogP) is 4.17. The smallest absolute Gasteiger partial charge is 0.184 e. The molecule has 2 aromatic heterocycles. The molecular formula is C14H15N3S2. The van der Waals surface area contributed by atoms with E-state index in [1.807, 2.05) is 29.5 Å². The van der Waals surface area contributed by atoms with E-state index in [0.717, 1.165) is 27.6 Å². The second kappa shape index (κ2) is 4.83. The van der Waals surface area contributed by atoms with E-state index in [1.54, 1.807) is 11.3 Å². The Bertz CT molecular complexity index is 708. The molecule has 3 nitrogen and oxygen atoms in total. The van der Waals surface area contributed by atoms with Gasteiger partial charge in [-0.1, -0.05) is 11.3 Å². The van der Waals surface area contributed by atoms with Crippen molar-refractivity contribution in [3.05, 3.63) is 39.6 Å². The number of nitrogens with two attached hydrogens (primary N) is 1. The Morgan fingerprint density at radius 2 is 2.05 bits per heavy atom. The minimum Gasteiger partial charge on any atom is -0.399 e. The lowest BCUT2D eigenvalue weighted by Gasteiger charge is -1.98. The molecule has 0 atom stereocenters. The maximum absolute atomic E-state index is 5.78. The van der Waals surface area contributed by atoms with Gasteiger partial charge < -0.3 is 11.1 Å². The van der Waals surface area contributed by atoms with E-state index >= 15 is 0 Å². The SMILES string of the molecule is Cc1cc(CNc2nc3ccc(N)cc3s2)sc1C. The van der Waals surface area contributed by atoms with E-state index < -0.39 is 0 Å². The molecule has 0 bridgehead atoms. The lowest BCUT2D eigenvalue weighted by atomic mass is 10.3. The third-order valence-electron chi connectivity index (χ3n) is 3.04. The number of aromatic nitrogens is 1. The van der Waals surface area contributed by atoms with E-state index in [1.165, 1.54) is 15.3 Å². The lowest BCUT2D eigenvalue weighted by Crippen LogP contribution is -1.96. The molecule has 3 aromatic rings. The number of nitrogens with one attached hydrogen (secondary N) is 1. The van der Waals surface area contributed by atoms with Gasteiger partial charge in [-0.3, -0.25) is 0 Å². The molecule has 0 aliphatic carbocycles. The van der Waals surface area contributed by atoms with Gasteiger partial charge >= 0.3 is 0 Å². The number of hydrogen-bond donors (Lipinski definition) is 2. The highest BCUT2D eigenvalue weighted by Gasteiger charge is 2.05. The van der Waals surface area contributed by atoms with E-state index in [2.05, 4.69) is 30.2 Å². The molecular weight excluding hydrogens is 274 g/mol. The van der Waals surface area contributed by atoms with Gasteiger partial charge in [-0.2, -0.15) is 0 Å². The molecule has 3 N–H and O–H groups in total. The van der Waals surface area contributed by atoms with Gasteiger partial charge in [0.1, 0.15) is 0 Å². The Kier molecular flexibility index (Phi) is 3.16. The van der Waals surface area contributed by atoms with Gasteiger partial charge in [-0.05, 0) is 43.7 Å². The average molecular weight is 289 g/mol. The predicted molar refractivity (Wildman–Crippen MR) is 85.2 cm³/mol. The van der Waals surface area contributed by atoms with Gasteiger partial charge in [-0.25, -0.2) is 4.98 Å². The summed E-state index contributed by atoms with van der Waals surface area (Å²) >= 11 is 3.48. The summed E-state index contributed by atoms with van der Waals surface area (Å²) in [6.07, 6.45) is 0. The third-order valence-corrected chi connectivity index (χ3v) is 5.17. The average Bonchev–Trinajstić information content (AvgIpc) is 2.90. The summed E-state index contributed by atoms with van der Waals surface area (Å²) in [6, 6.07) is 8.06. The van der Waals surface area contributed by atoms with Crippen molar-refractivity contribution in [2.75, 3.05) is 11.1 Å². The summed E-state index contributed by atoms with van der Waals surface area (Å²) in [5, 5.41) is 4.34. The summed E-state index contributed by atoms with van der Waals surface area (Å²) < 4.78 is 1.13. The van der Waals surface area contributed by atoms with Crippen LogP contribution in [0.5, 0.6) is 0 Å². The first-order valence-electron chi connectivity index (χ1n) is 6.07. The number of anilines is 2. The number of fused-ring (bicyclic) bond motifs is 1. The summed E-state index contributed by atoms with van der Waals surface area (Å²) in [6.45, 7) is 5.13. The van der Waals surface area contributed by atoms with Crippen molar-refractivity contribution in [2.24, 2.45) is 0 Å². The van der Waals surface area contributed by atoms with Gasteiger partial charge in [-0.15, -0.1) is 11.3 Å². The first-order chi connectivity index (χ1) is 9.11. The van der Waals surface area contributed by atoms with Crippen LogP contribution in [0.4, 0.5) is 10.8 Å². The number of nitrogens with zero attached hydrogens (tertiary/aromatic N) is 1. The second-order valence-electron chi connectivity index (χ2n) is 4.55. The molecule has 0 spiro atoms. The fraction of sp³-hybridized carbons (Fsp3) is 0.214. The van der Waals surface area contributed by atoms with Crippen LogP contribution in [0.15, 0.2) is 24.3 Å². The highest BCUT2D eigenvalue weighted by Crippen LogP contribution is 2.28. The Morgan fingerprint density at radius 3 is 2.79 bits per heavy atom. The monoisotopic (exact) mass is 289 g/mol. The van der Waals surface area contributed by atoms with Gasteiger partial charge in [0, 0.05) is 15.4 Å². The normalized spacial score (nSPS) is 11.1. The molecule has 19 heavy (non-hydrogen) atoms. The van der Waals surface area contributed by atoms with Crippen LogP contribution in [0.2, 0.25) is 0 Å². The minimum absolute atomic E-state index is 0.784. The number of thiophene rings is 1. The maximum Gasteiger partial charge on any atom is 0.184 e. The molecule has 0 saturated carbocycles. The van der Waals surface area contributed by atoms with Crippen LogP contribution in [0.25, 0.3) is 10.2 Å². The van der Waals surface area contributed by atoms with Crippen LogP contribution in [0.3, 0.4) is 0 Å². The number of nitrogen functional groups attached to an aromatic ring is 1. The lowest BCUT2D eigenvalue weighted by molar-refractivity contribution is 1.17. The second-order valence-corrected chi connectivity index (χ2v) is 6.92. The molecule has 98 valence electrons. The topological polar surface area (TPSA) is 50.9 Å². The van der Waals surface area contributed by atoms with Gasteiger partial charge in [0.25, 0.3) is 0 Å². The van der Waals surface area contributed by atoms with Crippen molar-refractivity contribution < 1.29 is 0 Å². The van der Waals surface area contributed by atoms with Crippen molar-refractivity contribution in [1.29, 1.82) is 0 Å². The first-order valence-corrected chi connectivity index (χ1v) is 7.71. The molecule has 0 aliphatic rings. The van der Waals surface area contributed by atoms with Crippen LogP contribution in [0, 0.1) is 13.8 Å². The van der Waals surface area contributed by atoms with Crippen molar-refractivity contribution in [3.8, 4) is 0 Å². The third kappa shape index (κ3) is 2.57. The Labute approximate surface area is 120 Å². The van der Waals surface area contributed by atoms with Crippen molar-refractivity contribution in [3.63, 3.8) is 0 Å². The Morgan fingerprint density at radius 1 is 1.21 bits per heavy atom. The van der Waals surface area contributed by atoms with E-state index in [-0.39, 0.29) is 0 Å². The molecule has 0 amide bonds. The Balaban J connectivity index is 1.78. The van der Waals surface area contributed by atoms with Crippen LogP contribution in [-0.4, -0.2) is 4.98 Å². The summed E-state index contributed by atoms with van der Waals surface area (Å²) in [5.41, 5.74) is 8.92. The Hall–Kier alpha value is -1.59. The standard InChI is InChI=1S/C14H15N3S2/c1-8-5-11(18-9(8)2)7-16-14-17-12-4-3-10(15)6-13(12)19-14/h3-6H,7,15H2,1-2H3,(H,16,17). The van der Waals surface area contributed by atoms with Gasteiger partial charge in [0.05, 0.1) is 16.8 Å². The van der Waals surface area contributed by atoms with E-state index in [4.69, 9.17) is 5.73 Å². The zero-order valence-electron chi connectivity index (χ0n) is 10.9. The zero-order chi connectivity index (χ0) is 13.4. The molecule has 2 heterocycles. The number of benzene rings is 1. The molecule has 0 saturated heterocycles. The van der Waals surface area contributed by atoms with E-state index in [9.17, 15) is 0 Å². The fourth-order valence-corrected chi connectivity index (χ4v) is 3.82. The number of aryl methyl sites for hydroxylation is 2. The van der Waals surface area contributed by atoms with Gasteiger partial charge in [0.15, 0.2) is 5.13 Å². The highest BCUT2D eigenvalue weighted by molar-refractivity contribution is 7.22. The molecule has 0 radical (unpaired) electrons. The quantitative estimate of drug-likeness (QED) is 0.712. The van der Waals surface area contributed by atoms with Crippen LogP contribution >= 0.6 is 22.7 Å². The van der Waals surface area contributed by atoms with Crippen molar-refractivity contribution in [2.45, 2.75) is 20.4 Å². The first kappa shape index (κ1) is 12.4. The molecule has 5 heteroatoms. The number of rotatable bonds is 3. The summed E-state index contributed by atoms with van der Waals surface area (Å²) in [7, 11) is 0. The molecule has 3 rings (SSSR count). The zero-order valence-corrected chi connectivity index (χ0v) is 12.5. The molecule has 0 fully saturated rings. The number of hydrogen-bond acceptors (Lipinski definition) is 5. The van der Waals surface area contributed by atoms with Crippen LogP contribution in [-0.2, 0) is 6.54 Å². The van der Waals surface area contributed by atoms with E-state index in [0.29, 0.717) is 0 Å². The minimum atomic E-state index is 0.784. The molecule has 1 aromatic carbocycles.